The van der Waals surface area contributed by atoms with E-state index in [1.165, 1.54) is 13.0 Å². The molecule has 66 valence electrons. The van der Waals surface area contributed by atoms with Gasteiger partial charge in [-0.1, -0.05) is 6.92 Å². The lowest BCUT2D eigenvalue weighted by molar-refractivity contribution is -0.0802. The summed E-state index contributed by atoms with van der Waals surface area (Å²) in [6.07, 6.45) is 2.88. The van der Waals surface area contributed by atoms with E-state index in [0.29, 0.717) is 12.1 Å². The van der Waals surface area contributed by atoms with Gasteiger partial charge < -0.3 is 4.74 Å². The molecule has 0 aliphatic carbocycles. The van der Waals surface area contributed by atoms with Gasteiger partial charge in [0.2, 0.25) is 0 Å². The van der Waals surface area contributed by atoms with E-state index in [1.54, 1.807) is 0 Å². The topological polar surface area (TPSA) is 12.5 Å². The van der Waals surface area contributed by atoms with Crippen LogP contribution in [0.15, 0.2) is 0 Å². The summed E-state index contributed by atoms with van der Waals surface area (Å²) in [6.45, 7) is 8.66. The summed E-state index contributed by atoms with van der Waals surface area (Å²) < 4.78 is 5.63. The van der Waals surface area contributed by atoms with Crippen molar-refractivity contribution in [3.63, 3.8) is 0 Å². The maximum absolute atomic E-state index is 5.63. The van der Waals surface area contributed by atoms with Crippen LogP contribution in [0.2, 0.25) is 0 Å². The van der Waals surface area contributed by atoms with Gasteiger partial charge in [0.1, 0.15) is 0 Å². The quantitative estimate of drug-likeness (QED) is 0.606. The van der Waals surface area contributed by atoms with E-state index in [4.69, 9.17) is 4.74 Å². The lowest BCUT2D eigenvalue weighted by atomic mass is 10.1. The average molecular weight is 157 g/mol. The monoisotopic (exact) mass is 157 g/mol. The van der Waals surface area contributed by atoms with Crippen molar-refractivity contribution in [1.82, 2.24) is 4.90 Å². The highest BCUT2D eigenvalue weighted by Gasteiger charge is 2.19. The molecule has 0 saturated carbocycles. The second-order valence-corrected chi connectivity index (χ2v) is 3.52. The standard InChI is InChI=1S/C9H19NO/c1-4-9-5-6-10(7-11-9)8(2)3/h8-9H,4-7H2,1-3H3/t9-/m0/s1. The fourth-order valence-corrected chi connectivity index (χ4v) is 1.39. The normalized spacial score (nSPS) is 27.8. The van der Waals surface area contributed by atoms with Crippen LogP contribution >= 0.6 is 0 Å². The Hall–Kier alpha value is -0.0800. The predicted molar refractivity (Wildman–Crippen MR) is 46.5 cm³/mol. The Kier molecular flexibility index (Phi) is 3.34. The molecule has 0 spiro atoms. The summed E-state index contributed by atoms with van der Waals surface area (Å²) in [5.74, 6) is 0. The molecule has 0 amide bonds. The van der Waals surface area contributed by atoms with Crippen molar-refractivity contribution in [3.8, 4) is 0 Å². The van der Waals surface area contributed by atoms with Gasteiger partial charge in [0.05, 0.1) is 12.8 Å². The zero-order chi connectivity index (χ0) is 8.27. The zero-order valence-corrected chi connectivity index (χ0v) is 7.84. The van der Waals surface area contributed by atoms with E-state index in [9.17, 15) is 0 Å². The number of rotatable bonds is 2. The van der Waals surface area contributed by atoms with E-state index >= 15 is 0 Å². The van der Waals surface area contributed by atoms with Gasteiger partial charge in [0.15, 0.2) is 0 Å². The van der Waals surface area contributed by atoms with Crippen molar-refractivity contribution in [1.29, 1.82) is 0 Å². The molecule has 11 heavy (non-hydrogen) atoms. The van der Waals surface area contributed by atoms with Gasteiger partial charge in [-0.3, -0.25) is 4.90 Å². The summed E-state index contributed by atoms with van der Waals surface area (Å²) in [6, 6.07) is 0.632. The largest absolute Gasteiger partial charge is 0.363 e. The van der Waals surface area contributed by atoms with Crippen LogP contribution in [-0.4, -0.2) is 30.3 Å². The average Bonchev–Trinajstić information content (AvgIpc) is 2.05. The second-order valence-electron chi connectivity index (χ2n) is 3.52. The third kappa shape index (κ3) is 2.46. The molecule has 0 bridgehead atoms. The molecule has 1 saturated heterocycles. The predicted octanol–water partition coefficient (Wildman–Crippen LogP) is 1.85. The molecule has 0 N–H and O–H groups in total. The van der Waals surface area contributed by atoms with Gasteiger partial charge in [-0.25, -0.2) is 0 Å². The molecule has 2 nitrogen and oxygen atoms in total. The first-order chi connectivity index (χ1) is 5.24. The Morgan fingerprint density at radius 1 is 1.55 bits per heavy atom. The van der Waals surface area contributed by atoms with E-state index in [1.807, 2.05) is 0 Å². The molecule has 1 fully saturated rings. The Morgan fingerprint density at radius 2 is 2.27 bits per heavy atom. The Morgan fingerprint density at radius 3 is 2.64 bits per heavy atom. The highest BCUT2D eigenvalue weighted by molar-refractivity contribution is 4.68. The van der Waals surface area contributed by atoms with Gasteiger partial charge in [-0.15, -0.1) is 0 Å². The molecule has 1 rings (SSSR count). The van der Waals surface area contributed by atoms with Crippen molar-refractivity contribution >= 4 is 0 Å². The first-order valence-corrected chi connectivity index (χ1v) is 4.59. The maximum Gasteiger partial charge on any atom is 0.0996 e. The third-order valence-electron chi connectivity index (χ3n) is 2.40. The highest BCUT2D eigenvalue weighted by atomic mass is 16.5. The minimum atomic E-state index is 0.519. The number of hydrogen-bond acceptors (Lipinski definition) is 2. The van der Waals surface area contributed by atoms with Crippen molar-refractivity contribution < 1.29 is 4.74 Å². The molecule has 0 aromatic rings. The van der Waals surface area contributed by atoms with Crippen LogP contribution < -0.4 is 0 Å². The lowest BCUT2D eigenvalue weighted by Gasteiger charge is -2.34. The molecule has 0 unspecified atom stereocenters. The van der Waals surface area contributed by atoms with Crippen molar-refractivity contribution in [2.75, 3.05) is 13.3 Å². The molecular weight excluding hydrogens is 138 g/mol. The van der Waals surface area contributed by atoms with Crippen LogP contribution in [0, 0.1) is 0 Å². The van der Waals surface area contributed by atoms with Crippen molar-refractivity contribution in [3.05, 3.63) is 0 Å². The molecule has 1 atom stereocenters. The molecule has 1 aliphatic rings. The fraction of sp³-hybridized carbons (Fsp3) is 1.00. The first-order valence-electron chi connectivity index (χ1n) is 4.59. The second kappa shape index (κ2) is 4.07. The van der Waals surface area contributed by atoms with Gasteiger partial charge in [-0.2, -0.15) is 0 Å². The number of nitrogens with zero attached hydrogens (tertiary/aromatic N) is 1. The maximum atomic E-state index is 5.63. The summed E-state index contributed by atoms with van der Waals surface area (Å²) in [5.41, 5.74) is 0. The van der Waals surface area contributed by atoms with Crippen molar-refractivity contribution in [2.45, 2.75) is 45.8 Å². The minimum Gasteiger partial charge on any atom is -0.363 e. The van der Waals surface area contributed by atoms with E-state index in [2.05, 4.69) is 25.7 Å². The first kappa shape index (κ1) is 9.01. The van der Waals surface area contributed by atoms with Crippen molar-refractivity contribution in [2.24, 2.45) is 0 Å². The number of ether oxygens (including phenoxy) is 1. The Balaban J connectivity index is 2.24. The number of hydrogen-bond donors (Lipinski definition) is 0. The summed E-state index contributed by atoms with van der Waals surface area (Å²) in [5, 5.41) is 0. The molecular formula is C9H19NO. The van der Waals surface area contributed by atoms with Crippen LogP contribution in [0.3, 0.4) is 0 Å². The molecule has 1 aliphatic heterocycles. The van der Waals surface area contributed by atoms with Crippen LogP contribution in [0.5, 0.6) is 0 Å². The third-order valence-corrected chi connectivity index (χ3v) is 2.40. The lowest BCUT2D eigenvalue weighted by Crippen LogP contribution is -2.41. The summed E-state index contributed by atoms with van der Waals surface area (Å²) >= 11 is 0. The summed E-state index contributed by atoms with van der Waals surface area (Å²) in [7, 11) is 0. The molecule has 0 aromatic heterocycles. The van der Waals surface area contributed by atoms with Gasteiger partial charge in [-0.05, 0) is 26.7 Å². The van der Waals surface area contributed by atoms with E-state index < -0.39 is 0 Å². The van der Waals surface area contributed by atoms with Gasteiger partial charge in [0, 0.05) is 12.6 Å². The fourth-order valence-electron chi connectivity index (χ4n) is 1.39. The van der Waals surface area contributed by atoms with Crippen LogP contribution in [0.1, 0.15) is 33.6 Å². The van der Waals surface area contributed by atoms with Crippen LogP contribution in [0.4, 0.5) is 0 Å². The summed E-state index contributed by atoms with van der Waals surface area (Å²) in [4.78, 5) is 2.37. The van der Waals surface area contributed by atoms with Crippen LogP contribution in [0.25, 0.3) is 0 Å². The Labute approximate surface area is 69.5 Å². The van der Waals surface area contributed by atoms with Crippen LogP contribution in [-0.2, 0) is 4.74 Å². The smallest absolute Gasteiger partial charge is 0.0996 e. The van der Waals surface area contributed by atoms with E-state index in [0.717, 1.165) is 13.2 Å². The SMILES string of the molecule is CC[C@H]1CCN(C(C)C)CO1. The zero-order valence-electron chi connectivity index (χ0n) is 7.84. The molecule has 1 heterocycles. The molecule has 2 heteroatoms. The van der Waals surface area contributed by atoms with E-state index in [-0.39, 0.29) is 0 Å². The molecule has 0 radical (unpaired) electrons. The Bertz CT molecular complexity index is 106. The highest BCUT2D eigenvalue weighted by Crippen LogP contribution is 2.13. The minimum absolute atomic E-state index is 0.519. The van der Waals surface area contributed by atoms with Gasteiger partial charge in [0.25, 0.3) is 0 Å². The van der Waals surface area contributed by atoms with Gasteiger partial charge >= 0.3 is 0 Å². The molecule has 0 aromatic carbocycles.